The molecule has 0 saturated carbocycles. The number of rotatable bonds is 5. The van der Waals surface area contributed by atoms with Gasteiger partial charge in [-0.1, -0.05) is 25.5 Å². The van der Waals surface area contributed by atoms with Crippen LogP contribution >= 0.6 is 0 Å². The Kier molecular flexibility index (Phi) is 5.52. The van der Waals surface area contributed by atoms with E-state index in [1.54, 1.807) is 12.1 Å². The van der Waals surface area contributed by atoms with Gasteiger partial charge < -0.3 is 14.8 Å². The number of nitrogens with one attached hydrogen (secondary N) is 1. The average molecular weight is 237 g/mol. The summed E-state index contributed by atoms with van der Waals surface area (Å²) in [6.07, 6.45) is 1.30. The van der Waals surface area contributed by atoms with Crippen LogP contribution in [0.5, 0.6) is 0 Å². The predicted octanol–water partition coefficient (Wildman–Crippen LogP) is 0.715. The van der Waals surface area contributed by atoms with Gasteiger partial charge in [0.1, 0.15) is 0 Å². The molecule has 1 rings (SSSR count). The van der Waals surface area contributed by atoms with Crippen molar-refractivity contribution in [3.8, 4) is 0 Å². The van der Waals surface area contributed by atoms with Gasteiger partial charge in [-0.15, -0.1) is 0 Å². The molecule has 6 heteroatoms. The van der Waals surface area contributed by atoms with Crippen molar-refractivity contribution in [1.29, 1.82) is 0 Å². The van der Waals surface area contributed by atoms with E-state index in [1.807, 2.05) is 6.92 Å². The average Bonchev–Trinajstić information content (AvgIpc) is 2.30. The Labute approximate surface area is 101 Å². The zero-order chi connectivity index (χ0) is 12.7. The summed E-state index contributed by atoms with van der Waals surface area (Å²) < 4.78 is 4.92. The molecule has 92 valence electrons. The molecule has 0 heterocycles. The van der Waals surface area contributed by atoms with E-state index in [0.29, 0.717) is 17.8 Å². The second kappa shape index (κ2) is 6.93. The van der Waals surface area contributed by atoms with Crippen LogP contribution in [0.1, 0.15) is 19.8 Å². The first kappa shape index (κ1) is 13.5. The second-order valence-electron chi connectivity index (χ2n) is 3.61. The molecule has 0 radical (unpaired) electrons. The van der Waals surface area contributed by atoms with E-state index < -0.39 is 13.2 Å². The number of carbonyl (C=O) groups is 1. The lowest BCUT2D eigenvalue weighted by Gasteiger charge is -2.07. The molecule has 1 aromatic carbocycles. The molecule has 0 saturated heterocycles. The molecule has 0 aromatic heterocycles. The SMILES string of the molecule is CCCCOC(=O)Nc1ccc(B(O)O)cc1. The van der Waals surface area contributed by atoms with E-state index >= 15 is 0 Å². The molecule has 5 nitrogen and oxygen atoms in total. The largest absolute Gasteiger partial charge is 0.488 e. The highest BCUT2D eigenvalue weighted by Crippen LogP contribution is 2.05. The van der Waals surface area contributed by atoms with Crippen LogP contribution in [0.4, 0.5) is 10.5 Å². The van der Waals surface area contributed by atoms with Crippen molar-refractivity contribution in [3.05, 3.63) is 24.3 Å². The summed E-state index contributed by atoms with van der Waals surface area (Å²) in [6.45, 7) is 2.41. The maximum Gasteiger partial charge on any atom is 0.488 e. The lowest BCUT2D eigenvalue weighted by Crippen LogP contribution is -2.29. The first-order valence-corrected chi connectivity index (χ1v) is 5.53. The number of benzene rings is 1. The molecule has 1 aromatic rings. The van der Waals surface area contributed by atoms with Crippen molar-refractivity contribution in [1.82, 2.24) is 0 Å². The van der Waals surface area contributed by atoms with Gasteiger partial charge in [0, 0.05) is 5.69 Å². The summed E-state index contributed by atoms with van der Waals surface area (Å²) in [7, 11) is -1.50. The highest BCUT2D eigenvalue weighted by atomic mass is 16.5. The number of amides is 1. The fraction of sp³-hybridized carbons (Fsp3) is 0.364. The third kappa shape index (κ3) is 4.88. The Hall–Kier alpha value is -1.53. The van der Waals surface area contributed by atoms with Crippen molar-refractivity contribution in [2.75, 3.05) is 11.9 Å². The smallest absolute Gasteiger partial charge is 0.449 e. The van der Waals surface area contributed by atoms with Crippen LogP contribution in [-0.4, -0.2) is 29.9 Å². The Bertz CT molecular complexity index is 353. The molecular formula is C11H16BNO4. The minimum Gasteiger partial charge on any atom is -0.449 e. The highest BCUT2D eigenvalue weighted by Gasteiger charge is 2.10. The Balaban J connectivity index is 2.43. The van der Waals surface area contributed by atoms with E-state index in [2.05, 4.69) is 5.32 Å². The molecule has 1 amide bonds. The van der Waals surface area contributed by atoms with E-state index in [1.165, 1.54) is 12.1 Å². The van der Waals surface area contributed by atoms with Gasteiger partial charge in [0.25, 0.3) is 0 Å². The van der Waals surface area contributed by atoms with Crippen molar-refractivity contribution < 1.29 is 19.6 Å². The third-order valence-electron chi connectivity index (χ3n) is 2.19. The Morgan fingerprint density at radius 3 is 2.53 bits per heavy atom. The predicted molar refractivity (Wildman–Crippen MR) is 66.1 cm³/mol. The van der Waals surface area contributed by atoms with E-state index in [4.69, 9.17) is 14.8 Å². The number of carbonyl (C=O) groups excluding carboxylic acids is 1. The zero-order valence-electron chi connectivity index (χ0n) is 9.72. The van der Waals surface area contributed by atoms with Crippen molar-refractivity contribution in [3.63, 3.8) is 0 Å². The minimum absolute atomic E-state index is 0.370. The van der Waals surface area contributed by atoms with Crippen LogP contribution in [0.2, 0.25) is 0 Å². The summed E-state index contributed by atoms with van der Waals surface area (Å²) in [5, 5.41) is 20.3. The number of hydrogen-bond donors (Lipinski definition) is 3. The number of hydrogen-bond acceptors (Lipinski definition) is 4. The molecule has 3 N–H and O–H groups in total. The molecule has 0 aliphatic heterocycles. The standard InChI is InChI=1S/C11H16BNO4/c1-2-3-8-17-11(14)13-10-6-4-9(5-7-10)12(15)16/h4-7,15-16H,2-3,8H2,1H3,(H,13,14). The fourth-order valence-electron chi connectivity index (χ4n) is 1.20. The van der Waals surface area contributed by atoms with Crippen molar-refractivity contribution in [2.45, 2.75) is 19.8 Å². The van der Waals surface area contributed by atoms with Gasteiger partial charge in [0.05, 0.1) is 6.61 Å². The maximum atomic E-state index is 11.3. The molecule has 0 unspecified atom stereocenters. The van der Waals surface area contributed by atoms with Crippen molar-refractivity contribution in [2.24, 2.45) is 0 Å². The van der Waals surface area contributed by atoms with Gasteiger partial charge in [-0.05, 0) is 24.0 Å². The van der Waals surface area contributed by atoms with Gasteiger partial charge in [-0.25, -0.2) is 4.79 Å². The Morgan fingerprint density at radius 2 is 2.00 bits per heavy atom. The van der Waals surface area contributed by atoms with Crippen LogP contribution in [0, 0.1) is 0 Å². The summed E-state index contributed by atoms with van der Waals surface area (Å²) in [5.41, 5.74) is 0.922. The number of ether oxygens (including phenoxy) is 1. The number of unbranched alkanes of at least 4 members (excludes halogenated alkanes) is 1. The van der Waals surface area contributed by atoms with E-state index in [9.17, 15) is 4.79 Å². The second-order valence-corrected chi connectivity index (χ2v) is 3.61. The summed E-state index contributed by atoms with van der Waals surface area (Å²) in [4.78, 5) is 11.3. The maximum absolute atomic E-state index is 11.3. The Morgan fingerprint density at radius 1 is 1.35 bits per heavy atom. The highest BCUT2D eigenvalue weighted by molar-refractivity contribution is 6.58. The lowest BCUT2D eigenvalue weighted by atomic mass is 9.80. The molecule has 0 bridgehead atoms. The summed E-state index contributed by atoms with van der Waals surface area (Å²) in [6, 6.07) is 6.20. The molecule has 0 fully saturated rings. The normalized spacial score (nSPS) is 9.82. The molecule has 0 aliphatic rings. The molecule has 17 heavy (non-hydrogen) atoms. The van der Waals surface area contributed by atoms with E-state index in [-0.39, 0.29) is 0 Å². The fourth-order valence-corrected chi connectivity index (χ4v) is 1.20. The van der Waals surface area contributed by atoms with Crippen LogP contribution < -0.4 is 10.8 Å². The molecule has 0 spiro atoms. The van der Waals surface area contributed by atoms with Crippen LogP contribution in [0.3, 0.4) is 0 Å². The monoisotopic (exact) mass is 237 g/mol. The van der Waals surface area contributed by atoms with Crippen molar-refractivity contribution >= 4 is 24.4 Å². The van der Waals surface area contributed by atoms with Crippen LogP contribution in [0.25, 0.3) is 0 Å². The van der Waals surface area contributed by atoms with Gasteiger partial charge in [-0.2, -0.15) is 0 Å². The van der Waals surface area contributed by atoms with Gasteiger partial charge in [-0.3, -0.25) is 5.32 Å². The molecule has 0 aliphatic carbocycles. The summed E-state index contributed by atoms with van der Waals surface area (Å²) in [5.74, 6) is 0. The molecule has 0 atom stereocenters. The van der Waals surface area contributed by atoms with Gasteiger partial charge >= 0.3 is 13.2 Å². The lowest BCUT2D eigenvalue weighted by molar-refractivity contribution is 0.160. The quantitative estimate of drug-likeness (QED) is 0.520. The van der Waals surface area contributed by atoms with Crippen LogP contribution in [0.15, 0.2) is 24.3 Å². The topological polar surface area (TPSA) is 78.8 Å². The van der Waals surface area contributed by atoms with Gasteiger partial charge in [0.15, 0.2) is 0 Å². The first-order chi connectivity index (χ1) is 8.13. The first-order valence-electron chi connectivity index (χ1n) is 5.53. The van der Waals surface area contributed by atoms with E-state index in [0.717, 1.165) is 12.8 Å². The number of anilines is 1. The van der Waals surface area contributed by atoms with Gasteiger partial charge in [0.2, 0.25) is 0 Å². The minimum atomic E-state index is -1.50. The zero-order valence-corrected chi connectivity index (χ0v) is 9.72. The third-order valence-corrected chi connectivity index (χ3v) is 2.19. The molecular weight excluding hydrogens is 221 g/mol. The summed E-state index contributed by atoms with van der Waals surface area (Å²) >= 11 is 0. The van der Waals surface area contributed by atoms with Crippen LogP contribution in [-0.2, 0) is 4.74 Å².